The van der Waals surface area contributed by atoms with Crippen LogP contribution < -0.4 is 0 Å². The van der Waals surface area contributed by atoms with Gasteiger partial charge in [0.25, 0.3) is 0 Å². The topological polar surface area (TPSA) is 49.8 Å². The molecule has 0 aliphatic carbocycles. The van der Waals surface area contributed by atoms with E-state index >= 15 is 0 Å². The van der Waals surface area contributed by atoms with Gasteiger partial charge >= 0.3 is 5.97 Å². The van der Waals surface area contributed by atoms with E-state index in [-0.39, 0.29) is 5.56 Å². The molecule has 1 unspecified atom stereocenters. The van der Waals surface area contributed by atoms with E-state index in [1.165, 1.54) is 6.07 Å². The highest BCUT2D eigenvalue weighted by molar-refractivity contribution is 5.89. The summed E-state index contributed by atoms with van der Waals surface area (Å²) >= 11 is 0. The van der Waals surface area contributed by atoms with Crippen LogP contribution in [0, 0.1) is 11.7 Å². The van der Waals surface area contributed by atoms with Gasteiger partial charge in [-0.1, -0.05) is 6.07 Å². The van der Waals surface area contributed by atoms with Crippen molar-refractivity contribution >= 4 is 5.97 Å². The number of hydrogen-bond donors (Lipinski definition) is 1. The van der Waals surface area contributed by atoms with Crippen LogP contribution in [0.5, 0.6) is 0 Å². The molecular weight excluding hydrogens is 261 g/mol. The average molecular weight is 281 g/mol. The monoisotopic (exact) mass is 281 g/mol. The lowest BCUT2D eigenvalue weighted by Crippen LogP contribution is -2.31. The predicted octanol–water partition coefficient (Wildman–Crippen LogP) is 2.38. The molecule has 1 aliphatic heterocycles. The van der Waals surface area contributed by atoms with Gasteiger partial charge in [0, 0.05) is 19.7 Å². The van der Waals surface area contributed by atoms with E-state index < -0.39 is 11.8 Å². The highest BCUT2D eigenvalue weighted by atomic mass is 19.1. The fraction of sp³-hybridized carbons (Fsp3) is 0.533. The molecule has 1 N–H and O–H groups in total. The molecule has 20 heavy (non-hydrogen) atoms. The molecule has 1 aromatic carbocycles. The summed E-state index contributed by atoms with van der Waals surface area (Å²) in [4.78, 5) is 13.2. The molecule has 0 aromatic heterocycles. The van der Waals surface area contributed by atoms with Gasteiger partial charge in [-0.3, -0.25) is 0 Å². The fourth-order valence-electron chi connectivity index (χ4n) is 2.63. The van der Waals surface area contributed by atoms with Gasteiger partial charge in [0.2, 0.25) is 0 Å². The van der Waals surface area contributed by atoms with Crippen molar-refractivity contribution in [2.24, 2.45) is 5.92 Å². The van der Waals surface area contributed by atoms with Crippen LogP contribution in [-0.2, 0) is 11.3 Å². The zero-order chi connectivity index (χ0) is 14.5. The molecule has 0 radical (unpaired) electrons. The van der Waals surface area contributed by atoms with Gasteiger partial charge in [0.15, 0.2) is 0 Å². The van der Waals surface area contributed by atoms with Gasteiger partial charge in [-0.25, -0.2) is 9.18 Å². The Kier molecular flexibility index (Phi) is 5.09. The van der Waals surface area contributed by atoms with E-state index in [1.807, 2.05) is 7.05 Å². The van der Waals surface area contributed by atoms with E-state index in [0.717, 1.165) is 38.7 Å². The van der Waals surface area contributed by atoms with Crippen LogP contribution >= 0.6 is 0 Å². The molecule has 2 rings (SSSR count). The highest BCUT2D eigenvalue weighted by Gasteiger charge is 2.18. The molecule has 1 aromatic rings. The number of halogens is 1. The van der Waals surface area contributed by atoms with Crippen LogP contribution in [0.3, 0.4) is 0 Å². The number of ether oxygens (including phenoxy) is 1. The molecule has 1 atom stereocenters. The minimum absolute atomic E-state index is 0.0387. The Balaban J connectivity index is 1.99. The lowest BCUT2D eigenvalue weighted by Gasteiger charge is -2.27. The van der Waals surface area contributed by atoms with E-state index in [1.54, 1.807) is 6.07 Å². The number of hydrogen-bond acceptors (Lipinski definition) is 3. The number of aromatic carboxylic acids is 1. The third-order valence-electron chi connectivity index (χ3n) is 3.57. The van der Waals surface area contributed by atoms with Crippen LogP contribution in [0.1, 0.15) is 28.8 Å². The molecule has 1 fully saturated rings. The van der Waals surface area contributed by atoms with E-state index in [9.17, 15) is 9.18 Å². The third kappa shape index (κ3) is 4.02. The Bertz CT molecular complexity index is 472. The summed E-state index contributed by atoms with van der Waals surface area (Å²) in [6.07, 6.45) is 2.22. The molecule has 0 bridgehead atoms. The first-order valence-electron chi connectivity index (χ1n) is 6.84. The number of carboxylic acids is 1. The van der Waals surface area contributed by atoms with Gasteiger partial charge in [0.05, 0.1) is 12.2 Å². The summed E-state index contributed by atoms with van der Waals surface area (Å²) in [6, 6.07) is 3.93. The number of rotatable bonds is 5. The number of nitrogens with zero attached hydrogens (tertiary/aromatic N) is 1. The molecule has 0 spiro atoms. The summed E-state index contributed by atoms with van der Waals surface area (Å²) in [5, 5.41) is 9.12. The largest absolute Gasteiger partial charge is 0.478 e. The Morgan fingerprint density at radius 1 is 1.55 bits per heavy atom. The van der Waals surface area contributed by atoms with Crippen molar-refractivity contribution in [3.05, 3.63) is 35.1 Å². The van der Waals surface area contributed by atoms with Gasteiger partial charge < -0.3 is 14.7 Å². The highest BCUT2D eigenvalue weighted by Crippen LogP contribution is 2.17. The summed E-state index contributed by atoms with van der Waals surface area (Å²) in [7, 11) is 1.95. The second kappa shape index (κ2) is 6.81. The Morgan fingerprint density at radius 3 is 3.00 bits per heavy atom. The van der Waals surface area contributed by atoms with E-state index in [0.29, 0.717) is 18.0 Å². The quantitative estimate of drug-likeness (QED) is 0.900. The van der Waals surface area contributed by atoms with Gasteiger partial charge in [0.1, 0.15) is 5.82 Å². The average Bonchev–Trinajstić information content (AvgIpc) is 2.41. The molecule has 1 saturated heterocycles. The molecule has 5 heteroatoms. The smallest absolute Gasteiger partial charge is 0.336 e. The number of carbonyl (C=O) groups is 1. The van der Waals surface area contributed by atoms with Crippen LogP contribution in [0.25, 0.3) is 0 Å². The van der Waals surface area contributed by atoms with Crippen molar-refractivity contribution in [2.45, 2.75) is 19.4 Å². The molecule has 1 aliphatic rings. The maximum atomic E-state index is 13.1. The third-order valence-corrected chi connectivity index (χ3v) is 3.57. The van der Waals surface area contributed by atoms with Gasteiger partial charge in [-0.2, -0.15) is 0 Å². The summed E-state index contributed by atoms with van der Waals surface area (Å²) in [6.45, 7) is 2.95. The fourth-order valence-corrected chi connectivity index (χ4v) is 2.63. The Hall–Kier alpha value is -1.46. The molecular formula is C15H20FNO3. The molecule has 0 saturated carbocycles. The van der Waals surface area contributed by atoms with Crippen molar-refractivity contribution in [3.63, 3.8) is 0 Å². The summed E-state index contributed by atoms with van der Waals surface area (Å²) in [5.41, 5.74) is 0.676. The molecule has 0 amide bonds. The van der Waals surface area contributed by atoms with E-state index in [2.05, 4.69) is 4.90 Å². The first-order valence-corrected chi connectivity index (χ1v) is 6.84. The minimum atomic E-state index is -1.09. The van der Waals surface area contributed by atoms with Crippen LogP contribution in [0.2, 0.25) is 0 Å². The zero-order valence-electron chi connectivity index (χ0n) is 11.6. The second-order valence-corrected chi connectivity index (χ2v) is 5.39. The predicted molar refractivity (Wildman–Crippen MR) is 73.2 cm³/mol. The summed E-state index contributed by atoms with van der Waals surface area (Å²) < 4.78 is 18.6. The van der Waals surface area contributed by atoms with Gasteiger partial charge in [-0.15, -0.1) is 0 Å². The lowest BCUT2D eigenvalue weighted by atomic mass is 10.0. The van der Waals surface area contributed by atoms with Crippen molar-refractivity contribution in [1.82, 2.24) is 4.90 Å². The van der Waals surface area contributed by atoms with Crippen LogP contribution in [-0.4, -0.2) is 42.8 Å². The van der Waals surface area contributed by atoms with Crippen molar-refractivity contribution in [1.29, 1.82) is 0 Å². The SMILES string of the molecule is CN(Cc1ccc(F)cc1C(=O)O)CC1CCCOC1. The normalized spacial score (nSPS) is 19.2. The van der Waals surface area contributed by atoms with E-state index in [4.69, 9.17) is 9.84 Å². The van der Waals surface area contributed by atoms with Crippen LogP contribution in [0.15, 0.2) is 18.2 Å². The molecule has 1 heterocycles. The second-order valence-electron chi connectivity index (χ2n) is 5.39. The molecule has 4 nitrogen and oxygen atoms in total. The number of benzene rings is 1. The lowest BCUT2D eigenvalue weighted by molar-refractivity contribution is 0.0410. The first kappa shape index (κ1) is 14.9. The van der Waals surface area contributed by atoms with Crippen LogP contribution in [0.4, 0.5) is 4.39 Å². The minimum Gasteiger partial charge on any atom is -0.478 e. The summed E-state index contributed by atoms with van der Waals surface area (Å²) in [5.74, 6) is -1.12. The Morgan fingerprint density at radius 2 is 2.35 bits per heavy atom. The first-order chi connectivity index (χ1) is 9.56. The zero-order valence-corrected chi connectivity index (χ0v) is 11.6. The standard InChI is InChI=1S/C15H20FNO3/c1-17(8-11-3-2-6-20-10-11)9-12-4-5-13(16)7-14(12)15(18)19/h4-5,7,11H,2-3,6,8-10H2,1H3,(H,18,19). The number of carboxylic acid groups (broad SMARTS) is 1. The van der Waals surface area contributed by atoms with Crippen molar-refractivity contribution < 1.29 is 19.0 Å². The van der Waals surface area contributed by atoms with Crippen molar-refractivity contribution in [3.8, 4) is 0 Å². The molecule has 110 valence electrons. The Labute approximate surface area is 118 Å². The van der Waals surface area contributed by atoms with Gasteiger partial charge in [-0.05, 0) is 43.5 Å². The maximum absolute atomic E-state index is 13.1. The van der Waals surface area contributed by atoms with Crippen molar-refractivity contribution in [2.75, 3.05) is 26.8 Å². The maximum Gasteiger partial charge on any atom is 0.336 e.